The second-order valence-corrected chi connectivity index (χ2v) is 10.5. The molecular formula is C24H21BN5O9P. The minimum Gasteiger partial charge on any atom is -0.534 e. The van der Waals surface area contributed by atoms with Gasteiger partial charge in [0.05, 0.1) is 28.6 Å². The molecule has 5 rings (SSSR count). The van der Waals surface area contributed by atoms with Gasteiger partial charge in [0.15, 0.2) is 5.65 Å². The van der Waals surface area contributed by atoms with Crippen molar-refractivity contribution >= 4 is 43.4 Å². The first-order chi connectivity index (χ1) is 19.0. The summed E-state index contributed by atoms with van der Waals surface area (Å²) in [5.41, 5.74) is 1.07. The Labute approximate surface area is 225 Å². The molecule has 2 amide bonds. The molecule has 0 spiro atoms. The fourth-order valence-electron chi connectivity index (χ4n) is 4.28. The van der Waals surface area contributed by atoms with Crippen molar-refractivity contribution in [2.45, 2.75) is 18.4 Å². The quantitative estimate of drug-likeness (QED) is 0.128. The smallest absolute Gasteiger partial charge is 0.534 e. The highest BCUT2D eigenvalue weighted by Gasteiger charge is 2.39. The summed E-state index contributed by atoms with van der Waals surface area (Å²) >= 11 is 0. The summed E-state index contributed by atoms with van der Waals surface area (Å²) in [6.07, 6.45) is 4.24. The topological polar surface area (TPSA) is 213 Å². The van der Waals surface area contributed by atoms with E-state index in [-0.39, 0.29) is 34.2 Å². The molecule has 6 N–H and O–H groups in total. The summed E-state index contributed by atoms with van der Waals surface area (Å²) in [5.74, 6) is -3.72. The fourth-order valence-corrected chi connectivity index (χ4v) is 4.82. The zero-order valence-electron chi connectivity index (χ0n) is 20.4. The van der Waals surface area contributed by atoms with Gasteiger partial charge in [0.1, 0.15) is 11.8 Å². The van der Waals surface area contributed by atoms with Crippen LogP contribution in [-0.4, -0.2) is 65.4 Å². The Hall–Kier alpha value is -4.56. The first kappa shape index (κ1) is 27.0. The Morgan fingerprint density at radius 1 is 1.12 bits per heavy atom. The average Bonchev–Trinajstić information content (AvgIpc) is 3.39. The molecule has 0 bridgehead atoms. The number of carbonyl (C=O) groups excluding carboxylic acids is 2. The summed E-state index contributed by atoms with van der Waals surface area (Å²) in [4.78, 5) is 61.1. The van der Waals surface area contributed by atoms with Gasteiger partial charge < -0.3 is 35.2 Å². The van der Waals surface area contributed by atoms with E-state index in [4.69, 9.17) is 4.65 Å². The molecule has 2 atom stereocenters. The summed E-state index contributed by atoms with van der Waals surface area (Å²) in [6.45, 7) is 0. The van der Waals surface area contributed by atoms with Crippen LogP contribution in [0.2, 0.25) is 0 Å². The van der Waals surface area contributed by atoms with Crippen molar-refractivity contribution in [3.63, 3.8) is 0 Å². The standard InChI is InChI=1S/C24H21BN5O9P/c31-22(15-11-26-19-8-9-27-30(19)12-15)29-20(13-4-6-16(7-5-13)40(36,37)38)23(32)28-18-10-14-2-1-3-17(24(33)34)21(14)39-25(18)35/h1-9,11-12,18,20,35H,10H2,(H,28,32)(H,29,31)(H,33,34)(H2,36,37,38)/t18-,20+/m0/s1. The van der Waals surface area contributed by atoms with E-state index in [2.05, 4.69) is 20.7 Å². The molecule has 0 aliphatic carbocycles. The van der Waals surface area contributed by atoms with Gasteiger partial charge in [0.2, 0.25) is 5.91 Å². The molecule has 3 heterocycles. The first-order valence-corrected chi connectivity index (χ1v) is 13.4. The molecule has 0 unspecified atom stereocenters. The van der Waals surface area contributed by atoms with E-state index >= 15 is 0 Å². The number of carboxylic acid groups (broad SMARTS) is 1. The van der Waals surface area contributed by atoms with Crippen LogP contribution < -0.4 is 20.6 Å². The molecule has 1 aliphatic rings. The third-order valence-corrected chi connectivity index (χ3v) is 7.26. The molecule has 0 saturated carbocycles. The molecule has 0 saturated heterocycles. The van der Waals surface area contributed by atoms with Crippen LogP contribution in [0.4, 0.5) is 0 Å². The number of para-hydroxylation sites is 1. The monoisotopic (exact) mass is 565 g/mol. The van der Waals surface area contributed by atoms with Crippen molar-refractivity contribution < 1.29 is 43.5 Å². The number of nitrogens with zero attached hydrogens (tertiary/aromatic N) is 3. The second-order valence-electron chi connectivity index (χ2n) is 8.95. The highest BCUT2D eigenvalue weighted by Crippen LogP contribution is 2.33. The molecule has 16 heteroatoms. The average molecular weight is 565 g/mol. The molecular weight excluding hydrogens is 544 g/mol. The number of hydrogen-bond acceptors (Lipinski definition) is 8. The van der Waals surface area contributed by atoms with Crippen LogP contribution in [0.5, 0.6) is 5.75 Å². The van der Waals surface area contributed by atoms with Crippen LogP contribution in [-0.2, 0) is 15.8 Å². The Bertz CT molecular complexity index is 1670. The molecule has 0 fully saturated rings. The van der Waals surface area contributed by atoms with E-state index in [0.717, 1.165) is 12.1 Å². The number of carbonyl (C=O) groups is 3. The van der Waals surface area contributed by atoms with Gasteiger partial charge in [0.25, 0.3) is 5.91 Å². The molecule has 2 aromatic heterocycles. The Balaban J connectivity index is 1.42. The lowest BCUT2D eigenvalue weighted by Gasteiger charge is -2.30. The van der Waals surface area contributed by atoms with E-state index in [1.54, 1.807) is 12.1 Å². The summed E-state index contributed by atoms with van der Waals surface area (Å²) in [6, 6.07) is 9.57. The van der Waals surface area contributed by atoms with Crippen molar-refractivity contribution in [1.29, 1.82) is 0 Å². The van der Waals surface area contributed by atoms with Gasteiger partial charge >= 0.3 is 20.7 Å². The highest BCUT2D eigenvalue weighted by molar-refractivity contribution is 7.60. The number of rotatable bonds is 7. The van der Waals surface area contributed by atoms with E-state index in [1.165, 1.54) is 47.4 Å². The van der Waals surface area contributed by atoms with Gasteiger partial charge in [-0.25, -0.2) is 14.3 Å². The number of amides is 2. The predicted molar refractivity (Wildman–Crippen MR) is 139 cm³/mol. The number of aromatic nitrogens is 3. The third-order valence-electron chi connectivity index (χ3n) is 6.29. The Kier molecular flexibility index (Phi) is 7.13. The highest BCUT2D eigenvalue weighted by atomic mass is 31.2. The molecule has 1 aliphatic heterocycles. The predicted octanol–water partition coefficient (Wildman–Crippen LogP) is -0.159. The maximum atomic E-state index is 13.5. The lowest BCUT2D eigenvalue weighted by Crippen LogP contribution is -2.55. The van der Waals surface area contributed by atoms with Gasteiger partial charge in [-0.1, -0.05) is 24.3 Å². The molecule has 4 aromatic rings. The fraction of sp³-hybridized carbons (Fsp3) is 0.125. The minimum absolute atomic E-state index is 0.00705. The summed E-state index contributed by atoms with van der Waals surface area (Å²) in [7, 11) is -6.16. The maximum Gasteiger partial charge on any atom is 0.547 e. The number of carboxylic acids is 1. The number of aromatic carboxylic acids is 1. The van der Waals surface area contributed by atoms with Crippen LogP contribution in [0.15, 0.2) is 67.1 Å². The Morgan fingerprint density at radius 2 is 1.88 bits per heavy atom. The van der Waals surface area contributed by atoms with Crippen LogP contribution >= 0.6 is 7.60 Å². The molecule has 204 valence electrons. The lowest BCUT2D eigenvalue weighted by atomic mass is 9.72. The second kappa shape index (κ2) is 10.5. The summed E-state index contributed by atoms with van der Waals surface area (Å²) < 4.78 is 18.4. The van der Waals surface area contributed by atoms with Gasteiger partial charge in [-0.3, -0.25) is 14.2 Å². The molecule has 2 aromatic carbocycles. The van der Waals surface area contributed by atoms with Crippen molar-refractivity contribution in [3.8, 4) is 5.75 Å². The van der Waals surface area contributed by atoms with Gasteiger partial charge in [-0.2, -0.15) is 5.10 Å². The normalized spacial score (nSPS) is 15.6. The molecule has 0 radical (unpaired) electrons. The van der Waals surface area contributed by atoms with Crippen LogP contribution in [0.25, 0.3) is 5.65 Å². The number of nitrogens with one attached hydrogen (secondary N) is 2. The third kappa shape index (κ3) is 5.44. The van der Waals surface area contributed by atoms with E-state index in [1.807, 2.05) is 0 Å². The maximum absolute atomic E-state index is 13.5. The zero-order chi connectivity index (χ0) is 28.6. The number of benzene rings is 2. The van der Waals surface area contributed by atoms with Crippen LogP contribution in [0.1, 0.15) is 37.9 Å². The first-order valence-electron chi connectivity index (χ1n) is 11.8. The molecule has 40 heavy (non-hydrogen) atoms. The van der Waals surface area contributed by atoms with Gasteiger partial charge in [-0.05, 0) is 35.7 Å². The van der Waals surface area contributed by atoms with E-state index in [0.29, 0.717) is 11.2 Å². The zero-order valence-corrected chi connectivity index (χ0v) is 21.3. The summed E-state index contributed by atoms with van der Waals surface area (Å²) in [5, 5.41) is 28.9. The largest absolute Gasteiger partial charge is 0.547 e. The lowest BCUT2D eigenvalue weighted by molar-refractivity contribution is -0.123. The van der Waals surface area contributed by atoms with Crippen molar-refractivity contribution in [2.75, 3.05) is 0 Å². The minimum atomic E-state index is -4.56. The number of fused-ring (bicyclic) bond motifs is 2. The van der Waals surface area contributed by atoms with Gasteiger partial charge in [-0.15, -0.1) is 0 Å². The molecule has 14 nitrogen and oxygen atoms in total. The van der Waals surface area contributed by atoms with E-state index in [9.17, 15) is 38.9 Å². The van der Waals surface area contributed by atoms with E-state index < -0.39 is 44.5 Å². The number of hydrogen-bond donors (Lipinski definition) is 6. The van der Waals surface area contributed by atoms with Crippen molar-refractivity contribution in [1.82, 2.24) is 25.2 Å². The Morgan fingerprint density at radius 3 is 2.58 bits per heavy atom. The van der Waals surface area contributed by atoms with Crippen molar-refractivity contribution in [2.24, 2.45) is 0 Å². The van der Waals surface area contributed by atoms with Gasteiger partial charge in [0, 0.05) is 18.5 Å². The van der Waals surface area contributed by atoms with Crippen LogP contribution in [0.3, 0.4) is 0 Å². The van der Waals surface area contributed by atoms with Crippen LogP contribution in [0, 0.1) is 0 Å². The van der Waals surface area contributed by atoms with Crippen molar-refractivity contribution in [3.05, 3.63) is 89.4 Å². The SMILES string of the molecule is O=C(N[C@@H](C(=O)N[C@H]1Cc2cccc(C(=O)O)c2OB1O)c1ccc(P(=O)(O)O)cc1)c1cnc2ccnn2c1.